The molecular weight excluding hydrogens is 750 g/mol. The third-order valence-corrected chi connectivity index (χ3v) is 10.4. The summed E-state index contributed by atoms with van der Waals surface area (Å²) in [4.78, 5) is 24.3. The van der Waals surface area contributed by atoms with Crippen molar-refractivity contribution in [2.45, 2.75) is 50.6 Å². The predicted octanol–water partition coefficient (Wildman–Crippen LogP) is 9.75. The molecular formula is C43H44ClN5O8. The number of hydrogen-bond acceptors (Lipinski definition) is 10. The molecule has 14 heteroatoms. The zero-order chi connectivity index (χ0) is 40.5. The van der Waals surface area contributed by atoms with Gasteiger partial charge in [0.25, 0.3) is 5.69 Å². The van der Waals surface area contributed by atoms with Crippen molar-refractivity contribution in [2.24, 2.45) is 10.2 Å². The number of nitro groups is 1. The molecule has 1 aliphatic heterocycles. The average Bonchev–Trinajstić information content (AvgIpc) is 3.54. The smallest absolute Gasteiger partial charge is 0.407 e. The first kappa shape index (κ1) is 40.8. The van der Waals surface area contributed by atoms with Gasteiger partial charge < -0.3 is 29.7 Å². The number of aliphatic hydroxyl groups excluding tert-OH is 1. The number of hydrogen-bond donors (Lipinski definition) is 3. The molecule has 3 N–H and O–H groups in total. The molecule has 57 heavy (non-hydrogen) atoms. The fourth-order valence-electron chi connectivity index (χ4n) is 7.12. The lowest BCUT2D eigenvalue weighted by atomic mass is 9.90. The Morgan fingerprint density at radius 1 is 0.947 bits per heavy atom. The number of carbonyl (C=O) groups is 1. The number of benzene rings is 5. The second kappa shape index (κ2) is 18.9. The van der Waals surface area contributed by atoms with E-state index in [9.17, 15) is 25.1 Å². The lowest BCUT2D eigenvalue weighted by molar-refractivity contribution is -0.384. The summed E-state index contributed by atoms with van der Waals surface area (Å²) in [6.45, 7) is 2.82. The molecule has 296 valence electrons. The van der Waals surface area contributed by atoms with Gasteiger partial charge in [-0.15, -0.1) is 5.11 Å². The van der Waals surface area contributed by atoms with E-state index in [2.05, 4.69) is 21.6 Å². The van der Waals surface area contributed by atoms with Gasteiger partial charge in [-0.3, -0.25) is 15.0 Å². The number of likely N-dealkylation sites (tertiary alicyclic amines) is 1. The van der Waals surface area contributed by atoms with Crippen molar-refractivity contribution >= 4 is 34.8 Å². The predicted molar refractivity (Wildman–Crippen MR) is 218 cm³/mol. The minimum absolute atomic E-state index is 0.0790. The lowest BCUT2D eigenvalue weighted by Gasteiger charge is -2.28. The highest BCUT2D eigenvalue weighted by molar-refractivity contribution is 6.33. The van der Waals surface area contributed by atoms with Gasteiger partial charge in [-0.2, -0.15) is 5.11 Å². The van der Waals surface area contributed by atoms with Crippen LogP contribution in [0.4, 0.5) is 21.9 Å². The van der Waals surface area contributed by atoms with Gasteiger partial charge in [0.2, 0.25) is 0 Å². The molecule has 5 aromatic rings. The van der Waals surface area contributed by atoms with Crippen LogP contribution in [0.25, 0.3) is 22.3 Å². The number of nitrogens with one attached hydrogen (secondary N) is 1. The summed E-state index contributed by atoms with van der Waals surface area (Å²) in [6, 6.07) is 32.0. The largest absolute Gasteiger partial charge is 0.497 e. The van der Waals surface area contributed by atoms with Crippen LogP contribution in [0.2, 0.25) is 5.02 Å². The summed E-state index contributed by atoms with van der Waals surface area (Å²) in [7, 11) is 3.26. The van der Waals surface area contributed by atoms with Crippen LogP contribution in [0.15, 0.2) is 119 Å². The van der Waals surface area contributed by atoms with Gasteiger partial charge in [0.05, 0.1) is 61.3 Å². The first-order valence-corrected chi connectivity index (χ1v) is 18.8. The minimum Gasteiger partial charge on any atom is -0.497 e. The summed E-state index contributed by atoms with van der Waals surface area (Å²) in [5.41, 5.74) is 6.67. The first-order chi connectivity index (χ1) is 27.6. The molecule has 2 unspecified atom stereocenters. The SMILES string of the molecule is COc1ccc(-c2cccc(COC[C@@H]3C[C@@H](O)C(CCNC(C)c4ccc(N=Nc5ccc([N+](=O)[O-])cc5Cl)cc4)N3C(=O)O)c2-c2ccc(OC)cc2)cc1. The van der Waals surface area contributed by atoms with Crippen LogP contribution in [0, 0.1) is 10.1 Å². The van der Waals surface area contributed by atoms with E-state index in [1.165, 1.54) is 23.1 Å². The Morgan fingerprint density at radius 2 is 1.61 bits per heavy atom. The Labute approximate surface area is 335 Å². The van der Waals surface area contributed by atoms with Crippen molar-refractivity contribution in [1.82, 2.24) is 10.2 Å². The molecule has 4 atom stereocenters. The van der Waals surface area contributed by atoms with E-state index in [4.69, 9.17) is 25.8 Å². The number of ether oxygens (including phenoxy) is 3. The van der Waals surface area contributed by atoms with Crippen LogP contribution in [0.5, 0.6) is 11.5 Å². The van der Waals surface area contributed by atoms with E-state index in [1.54, 1.807) is 26.4 Å². The van der Waals surface area contributed by atoms with Gasteiger partial charge in [0, 0.05) is 18.2 Å². The number of halogens is 1. The standard InChI is InChI=1S/C43H44ClN5O8/c1-27(28-7-13-32(14-8-28)46-47-39-20-15-33(49(53)54)23-38(39)44)45-22-21-40-41(50)24-34(48(40)43(51)52)26-57-25-31-5-4-6-37(29-9-16-35(55-2)17-10-29)42(31)30-11-18-36(56-3)19-12-30/h4-20,23,27,34,40-41,45,50H,21-22,24-26H2,1-3H3,(H,51,52)/t27?,34-,40?,41+/m0/s1. The molecule has 0 radical (unpaired) electrons. The maximum absolute atomic E-state index is 12.6. The van der Waals surface area contributed by atoms with Crippen molar-refractivity contribution in [1.29, 1.82) is 0 Å². The molecule has 6 rings (SSSR count). The van der Waals surface area contributed by atoms with Gasteiger partial charge in [0.15, 0.2) is 0 Å². The monoisotopic (exact) mass is 793 g/mol. The number of methoxy groups -OCH3 is 2. The number of rotatable bonds is 16. The second-order valence-electron chi connectivity index (χ2n) is 13.7. The number of nitrogens with zero attached hydrogens (tertiary/aromatic N) is 4. The minimum atomic E-state index is -1.10. The maximum Gasteiger partial charge on any atom is 0.407 e. The van der Waals surface area contributed by atoms with E-state index < -0.39 is 29.2 Å². The number of aliphatic hydroxyl groups is 1. The van der Waals surface area contributed by atoms with Gasteiger partial charge >= 0.3 is 6.09 Å². The van der Waals surface area contributed by atoms with Gasteiger partial charge in [-0.05, 0) is 102 Å². The molecule has 1 heterocycles. The summed E-state index contributed by atoms with van der Waals surface area (Å²) in [6.07, 6.45) is -1.26. The summed E-state index contributed by atoms with van der Waals surface area (Å²) >= 11 is 6.12. The normalized spacial score (nSPS) is 17.1. The van der Waals surface area contributed by atoms with Crippen molar-refractivity contribution in [3.05, 3.63) is 135 Å². The molecule has 0 saturated carbocycles. The fourth-order valence-corrected chi connectivity index (χ4v) is 7.33. The molecule has 1 fully saturated rings. The molecule has 0 aromatic heterocycles. The van der Waals surface area contributed by atoms with E-state index in [1.807, 2.05) is 79.7 Å². The number of azo groups is 1. The Balaban J connectivity index is 1.06. The van der Waals surface area contributed by atoms with Crippen molar-refractivity contribution < 1.29 is 34.1 Å². The third-order valence-electron chi connectivity index (χ3n) is 10.1. The highest BCUT2D eigenvalue weighted by Crippen LogP contribution is 2.37. The summed E-state index contributed by atoms with van der Waals surface area (Å²) in [5.74, 6) is 1.51. The van der Waals surface area contributed by atoms with Crippen LogP contribution < -0.4 is 14.8 Å². The number of carboxylic acid groups (broad SMARTS) is 1. The van der Waals surface area contributed by atoms with Crippen LogP contribution in [0.3, 0.4) is 0 Å². The maximum atomic E-state index is 12.6. The second-order valence-corrected chi connectivity index (χ2v) is 14.1. The van der Waals surface area contributed by atoms with Crippen molar-refractivity contribution in [2.75, 3.05) is 27.4 Å². The Kier molecular flexibility index (Phi) is 13.5. The van der Waals surface area contributed by atoms with E-state index in [-0.39, 0.29) is 36.4 Å². The third kappa shape index (κ3) is 9.94. The molecule has 1 amide bonds. The zero-order valence-electron chi connectivity index (χ0n) is 31.7. The highest BCUT2D eigenvalue weighted by Gasteiger charge is 2.43. The average molecular weight is 794 g/mol. The topological polar surface area (TPSA) is 168 Å². The molecule has 5 aromatic carbocycles. The Morgan fingerprint density at radius 3 is 2.23 bits per heavy atom. The quantitative estimate of drug-likeness (QED) is 0.0500. The molecule has 1 aliphatic rings. The van der Waals surface area contributed by atoms with E-state index >= 15 is 0 Å². The van der Waals surface area contributed by atoms with Crippen molar-refractivity contribution in [3.8, 4) is 33.8 Å². The summed E-state index contributed by atoms with van der Waals surface area (Å²) in [5, 5.41) is 44.2. The molecule has 0 bridgehead atoms. The number of amides is 1. The van der Waals surface area contributed by atoms with E-state index in [0.717, 1.165) is 44.9 Å². The van der Waals surface area contributed by atoms with Gasteiger partial charge in [-0.1, -0.05) is 66.2 Å². The fraction of sp³-hybridized carbons (Fsp3) is 0.279. The zero-order valence-corrected chi connectivity index (χ0v) is 32.5. The molecule has 0 aliphatic carbocycles. The highest BCUT2D eigenvalue weighted by atomic mass is 35.5. The van der Waals surface area contributed by atoms with Crippen LogP contribution in [-0.2, 0) is 11.3 Å². The summed E-state index contributed by atoms with van der Waals surface area (Å²) < 4.78 is 17.0. The van der Waals surface area contributed by atoms with Gasteiger partial charge in [-0.25, -0.2) is 4.79 Å². The Bertz CT molecular complexity index is 2180. The number of non-ortho nitro benzene ring substituents is 1. The first-order valence-electron chi connectivity index (χ1n) is 18.4. The molecule has 13 nitrogen and oxygen atoms in total. The lowest BCUT2D eigenvalue weighted by Crippen LogP contribution is -2.45. The Hall–Kier alpha value is -5.86. The molecule has 0 spiro atoms. The molecule has 1 saturated heterocycles. The van der Waals surface area contributed by atoms with Crippen LogP contribution in [-0.4, -0.2) is 71.7 Å². The van der Waals surface area contributed by atoms with E-state index in [0.29, 0.717) is 24.3 Å². The van der Waals surface area contributed by atoms with Gasteiger partial charge in [0.1, 0.15) is 17.2 Å². The van der Waals surface area contributed by atoms with Crippen LogP contribution in [0.1, 0.15) is 36.9 Å². The van der Waals surface area contributed by atoms with Crippen LogP contribution >= 0.6 is 11.6 Å². The van der Waals surface area contributed by atoms with Crippen molar-refractivity contribution in [3.63, 3.8) is 0 Å². The number of nitro benzene ring substituents is 1.